The fraction of sp³-hybridized carbons (Fsp3) is 0.357. The Morgan fingerprint density at radius 2 is 2.02 bits per heavy atom. The van der Waals surface area contributed by atoms with Gasteiger partial charge in [0.25, 0.3) is 0 Å². The van der Waals surface area contributed by atoms with Crippen LogP contribution in [0, 0.1) is 23.4 Å². The van der Waals surface area contributed by atoms with Crippen molar-refractivity contribution in [3.8, 4) is 5.75 Å². The normalized spacial score (nSPS) is 13.5. The summed E-state index contributed by atoms with van der Waals surface area (Å²) in [7, 11) is 0. The van der Waals surface area contributed by atoms with Gasteiger partial charge in [-0.05, 0) is 12.8 Å². The molecule has 13 heteroatoms. The van der Waals surface area contributed by atoms with Crippen LogP contribution in [-0.2, 0) is 11.3 Å². The number of benzene rings is 2. The van der Waals surface area contributed by atoms with Crippen LogP contribution in [0.4, 0.5) is 18.9 Å². The topological polar surface area (TPSA) is 105 Å². The number of hydrogen-bond acceptors (Lipinski definition) is 7. The Morgan fingerprint density at radius 1 is 1.17 bits per heavy atom. The van der Waals surface area contributed by atoms with Gasteiger partial charge in [0.2, 0.25) is 0 Å². The van der Waals surface area contributed by atoms with Gasteiger partial charge >= 0.3 is 224 Å². The Bertz CT molecular complexity index is 1520. The van der Waals surface area contributed by atoms with Gasteiger partial charge in [-0.2, -0.15) is 0 Å². The second-order valence-electron chi connectivity index (χ2n) is 9.89. The molecule has 1 aliphatic carbocycles. The van der Waals surface area contributed by atoms with Gasteiger partial charge in [-0.15, -0.1) is 0 Å². The standard InChI is InChI=1S/C28H30AsF3N6O3/c30-21-3-1-4-23(27(21)32)36-26(40)16-38-15-19(13-35-38)29-28-20-11-22(31)25(12-24(20)33-17-34-28)41-10-2-7-37(8-9-39)14-18-5-6-18/h1,3-4,11-13,15,17-18,29,39H,2,5-10,14,16H2,(H,36,40). The molecule has 1 unspecified atom stereocenters. The average molecular weight is 631 g/mol. The van der Waals surface area contributed by atoms with E-state index >= 15 is 0 Å². The molecule has 4 aromatic rings. The number of fused-ring (bicyclic) bond motifs is 1. The number of anilines is 1. The minimum absolute atomic E-state index is 0.117. The Balaban J connectivity index is 1.18. The van der Waals surface area contributed by atoms with Crippen molar-refractivity contribution >= 4 is 47.1 Å². The van der Waals surface area contributed by atoms with Crippen molar-refractivity contribution in [1.82, 2.24) is 24.6 Å². The summed E-state index contributed by atoms with van der Waals surface area (Å²) in [6, 6.07) is 6.52. The van der Waals surface area contributed by atoms with Crippen LogP contribution in [0.1, 0.15) is 19.3 Å². The van der Waals surface area contributed by atoms with Crippen LogP contribution < -0.4 is 18.9 Å². The summed E-state index contributed by atoms with van der Waals surface area (Å²) in [6.07, 6.45) is 7.93. The van der Waals surface area contributed by atoms with Crippen LogP contribution in [0.3, 0.4) is 0 Å². The summed E-state index contributed by atoms with van der Waals surface area (Å²) in [6.45, 7) is 2.66. The number of aliphatic hydroxyl groups excluding tert-OH is 1. The van der Waals surface area contributed by atoms with E-state index in [4.69, 9.17) is 4.74 Å². The summed E-state index contributed by atoms with van der Waals surface area (Å²) in [4.78, 5) is 23.2. The molecule has 1 amide bonds. The van der Waals surface area contributed by atoms with E-state index < -0.39 is 39.1 Å². The molecular weight excluding hydrogens is 600 g/mol. The molecule has 0 radical (unpaired) electrons. The molecule has 0 spiro atoms. The van der Waals surface area contributed by atoms with E-state index in [1.54, 1.807) is 18.5 Å². The molecule has 0 bridgehead atoms. The molecule has 1 aliphatic rings. The van der Waals surface area contributed by atoms with Gasteiger partial charge in [0.05, 0.1) is 0 Å². The van der Waals surface area contributed by atoms with E-state index in [0.29, 0.717) is 35.0 Å². The fourth-order valence-electron chi connectivity index (χ4n) is 4.43. The number of nitrogens with zero attached hydrogens (tertiary/aromatic N) is 5. The van der Waals surface area contributed by atoms with E-state index in [2.05, 4.69) is 25.3 Å². The number of carbonyl (C=O) groups excluding carboxylic acids is 1. The zero-order valence-electron chi connectivity index (χ0n) is 22.2. The molecular formula is C28H30AsF3N6O3. The summed E-state index contributed by atoms with van der Waals surface area (Å²) in [5.74, 6) is -2.38. The van der Waals surface area contributed by atoms with Crippen molar-refractivity contribution in [2.75, 3.05) is 38.2 Å². The number of aliphatic hydroxyl groups is 1. The van der Waals surface area contributed by atoms with Crippen LogP contribution in [-0.4, -0.2) is 84.3 Å². The first-order valence-corrected chi connectivity index (χ1v) is 15.4. The molecule has 0 saturated heterocycles. The predicted octanol–water partition coefficient (Wildman–Crippen LogP) is 1.74. The van der Waals surface area contributed by atoms with Crippen molar-refractivity contribution in [2.24, 2.45) is 5.92 Å². The van der Waals surface area contributed by atoms with Gasteiger partial charge in [0.15, 0.2) is 0 Å². The quantitative estimate of drug-likeness (QED) is 0.162. The van der Waals surface area contributed by atoms with Crippen molar-refractivity contribution in [3.63, 3.8) is 0 Å². The molecule has 2 N–H and O–H groups in total. The van der Waals surface area contributed by atoms with Crippen molar-refractivity contribution in [2.45, 2.75) is 25.8 Å². The first kappa shape index (κ1) is 29.0. The summed E-state index contributed by atoms with van der Waals surface area (Å²) < 4.78 is 50.9. The zero-order valence-corrected chi connectivity index (χ0v) is 24.3. The van der Waals surface area contributed by atoms with Crippen molar-refractivity contribution in [3.05, 3.63) is 66.5 Å². The van der Waals surface area contributed by atoms with E-state index in [0.717, 1.165) is 29.4 Å². The molecule has 216 valence electrons. The second-order valence-corrected chi connectivity index (χ2v) is 12.6. The Hall–Kier alpha value is -3.47. The van der Waals surface area contributed by atoms with Gasteiger partial charge in [-0.3, -0.25) is 0 Å². The van der Waals surface area contributed by atoms with Gasteiger partial charge in [-0.25, -0.2) is 0 Å². The van der Waals surface area contributed by atoms with E-state index in [1.807, 2.05) is 0 Å². The summed E-state index contributed by atoms with van der Waals surface area (Å²) in [5, 5.41) is 16.4. The maximum atomic E-state index is 15.0. The van der Waals surface area contributed by atoms with E-state index in [9.17, 15) is 23.1 Å². The average Bonchev–Trinajstić information content (AvgIpc) is 3.66. The fourth-order valence-corrected chi connectivity index (χ4v) is 6.67. The molecule has 1 atom stereocenters. The number of halogens is 3. The first-order valence-electron chi connectivity index (χ1n) is 13.3. The molecule has 1 saturated carbocycles. The molecule has 2 heterocycles. The number of carbonyl (C=O) groups is 1. The third-order valence-corrected chi connectivity index (χ3v) is 9.10. The van der Waals surface area contributed by atoms with Crippen molar-refractivity contribution < 1.29 is 27.8 Å². The Labute approximate surface area is 241 Å². The Kier molecular flexibility index (Phi) is 9.53. The summed E-state index contributed by atoms with van der Waals surface area (Å²) >= 11 is -1.06. The summed E-state index contributed by atoms with van der Waals surface area (Å²) in [5.41, 5.74) is 0.320. The molecule has 0 aliphatic heterocycles. The Morgan fingerprint density at radius 3 is 2.83 bits per heavy atom. The molecule has 5 rings (SSSR count). The van der Waals surface area contributed by atoms with Crippen molar-refractivity contribution in [1.29, 1.82) is 0 Å². The zero-order chi connectivity index (χ0) is 28.8. The first-order chi connectivity index (χ1) is 19.9. The second kappa shape index (κ2) is 13.5. The molecule has 2 aromatic heterocycles. The van der Waals surface area contributed by atoms with Crippen LogP contribution in [0.5, 0.6) is 5.75 Å². The number of ether oxygens (including phenoxy) is 1. The third-order valence-electron chi connectivity index (χ3n) is 6.62. The van der Waals surface area contributed by atoms with Gasteiger partial charge in [-0.1, -0.05) is 0 Å². The third kappa shape index (κ3) is 7.84. The number of amides is 1. The van der Waals surface area contributed by atoms with Crippen LogP contribution in [0.15, 0.2) is 49.1 Å². The monoisotopic (exact) mass is 630 g/mol. The van der Waals surface area contributed by atoms with Crippen LogP contribution in [0.2, 0.25) is 0 Å². The van der Waals surface area contributed by atoms with Gasteiger partial charge in [0.1, 0.15) is 0 Å². The maximum absolute atomic E-state index is 15.0. The van der Waals surface area contributed by atoms with Gasteiger partial charge in [0, 0.05) is 0 Å². The van der Waals surface area contributed by atoms with E-state index in [-0.39, 0.29) is 24.6 Å². The molecule has 1 fully saturated rings. The molecule has 41 heavy (non-hydrogen) atoms. The molecule has 2 aromatic carbocycles. The van der Waals surface area contributed by atoms with Gasteiger partial charge < -0.3 is 5.11 Å². The van der Waals surface area contributed by atoms with Crippen LogP contribution >= 0.6 is 0 Å². The minimum atomic E-state index is -1.13. The SMILES string of the molecule is O=C(Cn1cc([AsH]c2ncnc3cc(OCCCN(CCO)CC4CC4)c(F)cc23)cn1)Nc1cccc(F)c1F. The number of rotatable bonds is 14. The van der Waals surface area contributed by atoms with Crippen LogP contribution in [0.25, 0.3) is 10.9 Å². The number of hydrogen-bond donors (Lipinski definition) is 2. The molecule has 9 nitrogen and oxygen atoms in total. The van der Waals surface area contributed by atoms with E-state index in [1.165, 1.54) is 42.0 Å². The number of aromatic nitrogens is 4. The predicted molar refractivity (Wildman–Crippen MR) is 149 cm³/mol. The number of nitrogens with one attached hydrogen (secondary N) is 1.